The molecule has 0 N–H and O–H groups in total. The van der Waals surface area contributed by atoms with Crippen LogP contribution in [0.3, 0.4) is 0 Å². The topological polar surface area (TPSA) is 0 Å². The number of hydrogen-bond acceptors (Lipinski definition) is 0. The predicted molar refractivity (Wildman–Crippen MR) is 54.7 cm³/mol. The van der Waals surface area contributed by atoms with Crippen LogP contribution in [0.4, 0.5) is 4.39 Å². The molecule has 14 heavy (non-hydrogen) atoms. The number of fused-ring (bicyclic) bond motifs is 2. The maximum Gasteiger partial charge on any atom is 0.123 e. The van der Waals surface area contributed by atoms with Crippen LogP contribution in [0.5, 0.6) is 0 Å². The van der Waals surface area contributed by atoms with Gasteiger partial charge in [0, 0.05) is 0 Å². The van der Waals surface area contributed by atoms with Crippen molar-refractivity contribution in [3.8, 4) is 0 Å². The summed E-state index contributed by atoms with van der Waals surface area (Å²) in [4.78, 5) is 0. The van der Waals surface area contributed by atoms with Gasteiger partial charge in [0.25, 0.3) is 0 Å². The summed E-state index contributed by atoms with van der Waals surface area (Å²) >= 11 is 0. The van der Waals surface area contributed by atoms with Gasteiger partial charge in [0.15, 0.2) is 0 Å². The Morgan fingerprint density at radius 1 is 1.07 bits per heavy atom. The first-order chi connectivity index (χ1) is 6.78. The van der Waals surface area contributed by atoms with Crippen molar-refractivity contribution < 1.29 is 4.39 Å². The van der Waals surface area contributed by atoms with Crippen molar-refractivity contribution >= 4 is 0 Å². The summed E-state index contributed by atoms with van der Waals surface area (Å²) < 4.78 is 12.8. The fourth-order valence-corrected chi connectivity index (χ4v) is 3.40. The van der Waals surface area contributed by atoms with Crippen molar-refractivity contribution in [1.82, 2.24) is 0 Å². The number of rotatable bonds is 1. The lowest BCUT2D eigenvalue weighted by molar-refractivity contribution is 0.418. The van der Waals surface area contributed by atoms with Crippen LogP contribution < -0.4 is 0 Å². The lowest BCUT2D eigenvalue weighted by Crippen LogP contribution is -2.19. The van der Waals surface area contributed by atoms with E-state index in [1.54, 1.807) is 12.1 Å². The normalized spacial score (nSPS) is 35.1. The van der Waals surface area contributed by atoms with Crippen LogP contribution in [0.15, 0.2) is 24.3 Å². The first-order valence-corrected chi connectivity index (χ1v) is 5.55. The molecule has 0 aromatic heterocycles. The van der Waals surface area contributed by atoms with E-state index in [1.807, 2.05) is 12.1 Å². The van der Waals surface area contributed by atoms with Gasteiger partial charge in [-0.25, -0.2) is 4.39 Å². The minimum Gasteiger partial charge on any atom is -0.207 e. The summed E-state index contributed by atoms with van der Waals surface area (Å²) in [7, 11) is 0. The Bertz CT molecular complexity index is 331. The van der Waals surface area contributed by atoms with Crippen LogP contribution in [0, 0.1) is 11.7 Å². The third-order valence-electron chi connectivity index (χ3n) is 4.20. The summed E-state index contributed by atoms with van der Waals surface area (Å²) in [5.74, 6) is 0.845. The van der Waals surface area contributed by atoms with E-state index in [2.05, 4.69) is 0 Å². The fraction of sp³-hybridized carbons (Fsp3) is 0.538. The van der Waals surface area contributed by atoms with Gasteiger partial charge in [0.05, 0.1) is 0 Å². The van der Waals surface area contributed by atoms with Gasteiger partial charge < -0.3 is 0 Å². The minimum absolute atomic E-state index is 0.113. The summed E-state index contributed by atoms with van der Waals surface area (Å²) in [5, 5.41) is 0. The molecule has 0 amide bonds. The largest absolute Gasteiger partial charge is 0.207 e. The Morgan fingerprint density at radius 3 is 2.21 bits per heavy atom. The van der Waals surface area contributed by atoms with Gasteiger partial charge in [0.2, 0.25) is 0 Å². The molecule has 2 bridgehead atoms. The van der Waals surface area contributed by atoms with E-state index in [0.717, 1.165) is 5.92 Å². The van der Waals surface area contributed by atoms with Crippen molar-refractivity contribution in [2.24, 2.45) is 5.92 Å². The van der Waals surface area contributed by atoms with Gasteiger partial charge in [-0.05, 0) is 61.1 Å². The lowest BCUT2D eigenvalue weighted by Gasteiger charge is -2.26. The highest BCUT2D eigenvalue weighted by atomic mass is 19.1. The van der Waals surface area contributed by atoms with Crippen LogP contribution in [0.1, 0.15) is 37.7 Å². The molecule has 0 spiro atoms. The Kier molecular flexibility index (Phi) is 1.70. The van der Waals surface area contributed by atoms with E-state index in [4.69, 9.17) is 0 Å². The van der Waals surface area contributed by atoms with E-state index in [0.29, 0.717) is 5.41 Å². The molecule has 2 aliphatic rings. The lowest BCUT2D eigenvalue weighted by atomic mass is 9.78. The van der Waals surface area contributed by atoms with Crippen molar-refractivity contribution in [3.63, 3.8) is 0 Å². The van der Waals surface area contributed by atoms with Gasteiger partial charge >= 0.3 is 0 Å². The Morgan fingerprint density at radius 2 is 1.71 bits per heavy atom. The third-order valence-corrected chi connectivity index (χ3v) is 4.20. The zero-order valence-electron chi connectivity index (χ0n) is 8.30. The molecule has 3 rings (SSSR count). The van der Waals surface area contributed by atoms with Crippen LogP contribution in [-0.4, -0.2) is 0 Å². The van der Waals surface area contributed by atoms with Gasteiger partial charge in [-0.15, -0.1) is 0 Å². The van der Waals surface area contributed by atoms with Gasteiger partial charge in [0.1, 0.15) is 5.82 Å². The van der Waals surface area contributed by atoms with Crippen LogP contribution >= 0.6 is 0 Å². The van der Waals surface area contributed by atoms with Crippen LogP contribution in [0.2, 0.25) is 0 Å². The first-order valence-electron chi connectivity index (χ1n) is 5.55. The number of benzene rings is 1. The summed E-state index contributed by atoms with van der Waals surface area (Å²) in [5.41, 5.74) is 1.80. The second kappa shape index (κ2) is 2.82. The molecule has 74 valence electrons. The van der Waals surface area contributed by atoms with Crippen molar-refractivity contribution in [2.45, 2.75) is 37.5 Å². The molecule has 0 saturated heterocycles. The van der Waals surface area contributed by atoms with Gasteiger partial charge in [-0.1, -0.05) is 12.1 Å². The summed E-state index contributed by atoms with van der Waals surface area (Å²) in [6, 6.07) is 7.19. The van der Waals surface area contributed by atoms with Crippen molar-refractivity contribution in [2.75, 3.05) is 0 Å². The SMILES string of the molecule is Fc1ccc(C23CCC(CC2)C3)cc1. The predicted octanol–water partition coefficient (Wildman–Crippen LogP) is 3.66. The molecule has 0 radical (unpaired) electrons. The highest BCUT2D eigenvalue weighted by Crippen LogP contribution is 2.55. The maximum atomic E-state index is 12.8. The van der Waals surface area contributed by atoms with E-state index in [1.165, 1.54) is 37.7 Å². The highest BCUT2D eigenvalue weighted by molar-refractivity contribution is 5.29. The number of halogens is 1. The van der Waals surface area contributed by atoms with E-state index < -0.39 is 0 Å². The quantitative estimate of drug-likeness (QED) is 0.634. The van der Waals surface area contributed by atoms with E-state index in [9.17, 15) is 4.39 Å². The zero-order valence-corrected chi connectivity index (χ0v) is 8.30. The van der Waals surface area contributed by atoms with E-state index >= 15 is 0 Å². The molecule has 2 aliphatic carbocycles. The molecule has 0 unspecified atom stereocenters. The van der Waals surface area contributed by atoms with Crippen LogP contribution in [-0.2, 0) is 5.41 Å². The van der Waals surface area contributed by atoms with E-state index in [-0.39, 0.29) is 5.82 Å². The average molecular weight is 190 g/mol. The average Bonchev–Trinajstić information content (AvgIpc) is 2.79. The molecule has 2 fully saturated rings. The second-order valence-corrected chi connectivity index (χ2v) is 4.93. The standard InChI is InChI=1S/C13H15F/c14-12-3-1-11(2-4-12)13-7-5-10(9-13)6-8-13/h1-4,10H,5-9H2. The Labute approximate surface area is 84.1 Å². The second-order valence-electron chi connectivity index (χ2n) is 4.93. The molecule has 0 heterocycles. The molecule has 1 aromatic rings. The monoisotopic (exact) mass is 190 g/mol. The molecule has 2 saturated carbocycles. The molecule has 1 heteroatoms. The van der Waals surface area contributed by atoms with Crippen LogP contribution in [0.25, 0.3) is 0 Å². The third kappa shape index (κ3) is 1.11. The maximum absolute atomic E-state index is 12.8. The molecule has 0 aliphatic heterocycles. The smallest absolute Gasteiger partial charge is 0.123 e. The van der Waals surface area contributed by atoms with Gasteiger partial charge in [-0.3, -0.25) is 0 Å². The molecular formula is C13H15F. The summed E-state index contributed by atoms with van der Waals surface area (Å²) in [6.07, 6.45) is 6.76. The molecule has 0 nitrogen and oxygen atoms in total. The van der Waals surface area contributed by atoms with Crippen molar-refractivity contribution in [1.29, 1.82) is 0 Å². The Balaban J connectivity index is 1.98. The number of hydrogen-bond donors (Lipinski definition) is 0. The molecule has 1 aromatic carbocycles. The zero-order chi connectivity index (χ0) is 9.60. The summed E-state index contributed by atoms with van der Waals surface area (Å²) in [6.45, 7) is 0. The highest BCUT2D eigenvalue weighted by Gasteiger charge is 2.45. The molecular weight excluding hydrogens is 175 g/mol. The first kappa shape index (κ1) is 8.46. The Hall–Kier alpha value is -0.850. The molecule has 0 atom stereocenters. The fourth-order valence-electron chi connectivity index (χ4n) is 3.40. The van der Waals surface area contributed by atoms with Crippen molar-refractivity contribution in [3.05, 3.63) is 35.6 Å². The van der Waals surface area contributed by atoms with Gasteiger partial charge in [-0.2, -0.15) is 0 Å². The minimum atomic E-state index is -0.113.